The highest BCUT2D eigenvalue weighted by Gasteiger charge is 2.23. The van der Waals surface area contributed by atoms with E-state index in [1.165, 1.54) is 0 Å². The first kappa shape index (κ1) is 8.51. The molecule has 6 heteroatoms. The van der Waals surface area contributed by atoms with Crippen LogP contribution in [0.1, 0.15) is 0 Å². The summed E-state index contributed by atoms with van der Waals surface area (Å²) in [5, 5.41) is 9.95. The molecule has 0 aromatic heterocycles. The van der Waals surface area contributed by atoms with Crippen molar-refractivity contribution in [2.24, 2.45) is 0 Å². The topological polar surface area (TPSA) is 43.1 Å². The van der Waals surface area contributed by atoms with E-state index < -0.39 is 28.1 Å². The van der Waals surface area contributed by atoms with Gasteiger partial charge in [0.2, 0.25) is 11.6 Å². The molecule has 12 heavy (non-hydrogen) atoms. The Hall–Kier alpha value is -1.59. The molecule has 0 saturated carbocycles. The predicted octanol–water partition coefficient (Wildman–Crippen LogP) is 2.01. The lowest BCUT2D eigenvalue weighted by molar-refractivity contribution is -0.390. The molecule has 0 spiro atoms. The molecule has 0 N–H and O–H groups in total. The minimum absolute atomic E-state index is 0.484. The summed E-state index contributed by atoms with van der Waals surface area (Å²) in [6, 6.07) is 0.980. The van der Waals surface area contributed by atoms with E-state index in [-0.39, 0.29) is 0 Å². The molecule has 0 aliphatic rings. The van der Waals surface area contributed by atoms with Gasteiger partial charge in [-0.25, -0.2) is 4.39 Å². The Kier molecular flexibility index (Phi) is 1.99. The minimum Gasteiger partial charge on any atom is -0.258 e. The number of benzene rings is 1. The third-order valence-electron chi connectivity index (χ3n) is 1.20. The van der Waals surface area contributed by atoms with Crippen molar-refractivity contribution in [3.05, 3.63) is 39.7 Å². The van der Waals surface area contributed by atoms with Crippen LogP contribution in [0.25, 0.3) is 0 Å². The molecule has 0 aliphatic heterocycles. The van der Waals surface area contributed by atoms with E-state index >= 15 is 0 Å². The summed E-state index contributed by atoms with van der Waals surface area (Å²) in [5.41, 5.74) is -1.46. The third kappa shape index (κ3) is 1.23. The van der Waals surface area contributed by atoms with Gasteiger partial charge in [0, 0.05) is 0 Å². The Labute approximate surface area is 64.6 Å². The quantitative estimate of drug-likeness (QED) is 0.374. The number of nitro groups is 1. The monoisotopic (exact) mass is 177 g/mol. The number of nitrogens with zero attached hydrogens (tertiary/aromatic N) is 1. The molecular weight excluding hydrogens is 175 g/mol. The Balaban J connectivity index is 3.43. The molecule has 0 radical (unpaired) electrons. The number of nitro benzene ring substituents is 1. The molecule has 1 aromatic rings. The normalized spacial score (nSPS) is 9.92. The third-order valence-corrected chi connectivity index (χ3v) is 1.20. The number of rotatable bonds is 1. The second kappa shape index (κ2) is 2.80. The zero-order valence-electron chi connectivity index (χ0n) is 5.55. The van der Waals surface area contributed by atoms with E-state index in [9.17, 15) is 23.3 Å². The Morgan fingerprint density at radius 2 is 1.67 bits per heavy atom. The van der Waals surface area contributed by atoms with Gasteiger partial charge in [-0.2, -0.15) is 8.78 Å². The molecule has 0 unspecified atom stereocenters. The van der Waals surface area contributed by atoms with Gasteiger partial charge in [-0.3, -0.25) is 10.1 Å². The van der Waals surface area contributed by atoms with E-state index in [0.29, 0.717) is 12.1 Å². The molecule has 64 valence electrons. The molecule has 0 amide bonds. The van der Waals surface area contributed by atoms with Gasteiger partial charge in [-0.1, -0.05) is 0 Å². The Morgan fingerprint density at radius 3 is 2.08 bits per heavy atom. The van der Waals surface area contributed by atoms with Crippen molar-refractivity contribution in [2.75, 3.05) is 0 Å². The van der Waals surface area contributed by atoms with Crippen molar-refractivity contribution in [3.63, 3.8) is 0 Å². The smallest absolute Gasteiger partial charge is 0.258 e. The van der Waals surface area contributed by atoms with Crippen LogP contribution < -0.4 is 0 Å². The van der Waals surface area contributed by atoms with Crippen LogP contribution in [0.4, 0.5) is 18.9 Å². The van der Waals surface area contributed by atoms with Gasteiger partial charge in [0.25, 0.3) is 0 Å². The zero-order valence-corrected chi connectivity index (χ0v) is 5.55. The van der Waals surface area contributed by atoms with Crippen LogP contribution in [0, 0.1) is 27.6 Å². The van der Waals surface area contributed by atoms with Crippen molar-refractivity contribution < 1.29 is 18.1 Å². The highest BCUT2D eigenvalue weighted by Crippen LogP contribution is 2.22. The van der Waals surface area contributed by atoms with E-state index in [4.69, 9.17) is 0 Å². The summed E-state index contributed by atoms with van der Waals surface area (Å²) in [7, 11) is 0. The lowest BCUT2D eigenvalue weighted by Crippen LogP contribution is -1.98. The molecule has 1 rings (SSSR count). The summed E-state index contributed by atoms with van der Waals surface area (Å²) >= 11 is 0. The lowest BCUT2D eigenvalue weighted by atomic mass is 10.3. The van der Waals surface area contributed by atoms with Gasteiger partial charge in [0.1, 0.15) is 0 Å². The highest BCUT2D eigenvalue weighted by atomic mass is 19.2. The van der Waals surface area contributed by atoms with E-state index in [1.54, 1.807) is 0 Å². The summed E-state index contributed by atoms with van der Waals surface area (Å²) in [5.74, 6) is -4.61. The second-order valence-electron chi connectivity index (χ2n) is 1.95. The van der Waals surface area contributed by atoms with Crippen LogP contribution in [0.2, 0.25) is 0 Å². The van der Waals surface area contributed by atoms with Crippen molar-refractivity contribution >= 4 is 5.69 Å². The molecule has 0 atom stereocenters. The Bertz CT molecular complexity index is 340. The summed E-state index contributed by atoms with van der Waals surface area (Å²) in [4.78, 5) is 8.64. The average molecular weight is 177 g/mol. The summed E-state index contributed by atoms with van der Waals surface area (Å²) < 4.78 is 37.2. The van der Waals surface area contributed by atoms with Crippen molar-refractivity contribution in [1.29, 1.82) is 0 Å². The molecule has 0 heterocycles. The van der Waals surface area contributed by atoms with E-state index in [0.717, 1.165) is 0 Å². The fourth-order valence-electron chi connectivity index (χ4n) is 0.684. The van der Waals surface area contributed by atoms with Crippen LogP contribution in [-0.2, 0) is 0 Å². The minimum atomic E-state index is -1.78. The van der Waals surface area contributed by atoms with Crippen molar-refractivity contribution in [1.82, 2.24) is 0 Å². The standard InChI is InChI=1S/C6H2F3NO2/c7-3-1-2-4(8)6(5(3)9)10(11)12/h1-2H. The van der Waals surface area contributed by atoms with Gasteiger partial charge in [-0.05, 0) is 12.1 Å². The second-order valence-corrected chi connectivity index (χ2v) is 1.95. The van der Waals surface area contributed by atoms with Crippen LogP contribution in [0.3, 0.4) is 0 Å². The molecule has 3 nitrogen and oxygen atoms in total. The van der Waals surface area contributed by atoms with Crippen LogP contribution in [-0.4, -0.2) is 4.92 Å². The number of halogens is 3. The summed E-state index contributed by atoms with van der Waals surface area (Å²) in [6.45, 7) is 0. The van der Waals surface area contributed by atoms with Crippen molar-refractivity contribution in [2.45, 2.75) is 0 Å². The van der Waals surface area contributed by atoms with Gasteiger partial charge in [0.15, 0.2) is 5.82 Å². The van der Waals surface area contributed by atoms with Crippen LogP contribution in [0.15, 0.2) is 12.1 Å². The van der Waals surface area contributed by atoms with Crippen molar-refractivity contribution in [3.8, 4) is 0 Å². The SMILES string of the molecule is O=[N+]([O-])c1c(F)ccc(F)c1F. The number of hydrogen-bond donors (Lipinski definition) is 0. The maximum absolute atomic E-state index is 12.5. The highest BCUT2D eigenvalue weighted by molar-refractivity contribution is 5.33. The first-order valence-corrected chi connectivity index (χ1v) is 2.82. The van der Waals surface area contributed by atoms with E-state index in [1.807, 2.05) is 0 Å². The van der Waals surface area contributed by atoms with Gasteiger partial charge in [0.05, 0.1) is 4.92 Å². The van der Waals surface area contributed by atoms with Gasteiger partial charge < -0.3 is 0 Å². The first-order chi connectivity index (χ1) is 5.54. The molecule has 0 saturated heterocycles. The maximum Gasteiger partial charge on any atom is 0.343 e. The zero-order chi connectivity index (χ0) is 9.30. The molecular formula is C6H2F3NO2. The fourth-order valence-corrected chi connectivity index (χ4v) is 0.684. The largest absolute Gasteiger partial charge is 0.343 e. The molecule has 0 fully saturated rings. The van der Waals surface area contributed by atoms with Gasteiger partial charge in [-0.15, -0.1) is 0 Å². The molecule has 0 bridgehead atoms. The van der Waals surface area contributed by atoms with Crippen LogP contribution >= 0.6 is 0 Å². The fraction of sp³-hybridized carbons (Fsp3) is 0. The molecule has 0 aliphatic carbocycles. The van der Waals surface area contributed by atoms with Gasteiger partial charge >= 0.3 is 5.69 Å². The average Bonchev–Trinajstić information content (AvgIpc) is 1.97. The maximum atomic E-state index is 12.5. The summed E-state index contributed by atoms with van der Waals surface area (Å²) in [6.07, 6.45) is 0. The Morgan fingerprint density at radius 1 is 1.17 bits per heavy atom. The first-order valence-electron chi connectivity index (χ1n) is 2.82. The predicted molar refractivity (Wildman–Crippen MR) is 33.0 cm³/mol. The van der Waals surface area contributed by atoms with Crippen LogP contribution in [0.5, 0.6) is 0 Å². The van der Waals surface area contributed by atoms with E-state index in [2.05, 4.69) is 0 Å². The number of hydrogen-bond acceptors (Lipinski definition) is 2. The lowest BCUT2D eigenvalue weighted by Gasteiger charge is -1.95. The molecule has 1 aromatic carbocycles.